The molecule has 1 N–H and O–H groups in total. The first kappa shape index (κ1) is 19.7. The molecule has 1 unspecified atom stereocenters. The molecule has 0 aromatic heterocycles. The number of carbonyl (C=O) groups is 1. The van der Waals surface area contributed by atoms with Gasteiger partial charge in [0, 0.05) is 12.8 Å². The quantitative estimate of drug-likeness (QED) is 0.493. The molecule has 0 aromatic rings. The van der Waals surface area contributed by atoms with Crippen molar-refractivity contribution in [1.82, 2.24) is 0 Å². The van der Waals surface area contributed by atoms with E-state index >= 15 is 0 Å². The molecule has 0 saturated carbocycles. The van der Waals surface area contributed by atoms with E-state index < -0.39 is 16.6 Å². The van der Waals surface area contributed by atoms with Gasteiger partial charge in [-0.2, -0.15) is 0 Å². The van der Waals surface area contributed by atoms with Gasteiger partial charge in [-0.3, -0.25) is 4.79 Å². The van der Waals surface area contributed by atoms with Crippen LogP contribution in [-0.4, -0.2) is 27.5 Å². The van der Waals surface area contributed by atoms with Crippen molar-refractivity contribution < 1.29 is 18.7 Å². The number of thioether (sulfide) groups is 1. The summed E-state index contributed by atoms with van der Waals surface area (Å²) in [6.07, 6.45) is 4.16. The normalized spacial score (nSPS) is 15.1. The molecule has 0 fully saturated rings. The first-order chi connectivity index (χ1) is 9.27. The van der Waals surface area contributed by atoms with Crippen LogP contribution in [0.2, 0.25) is 0 Å². The molecule has 0 bridgehead atoms. The Labute approximate surface area is 125 Å². The minimum Gasteiger partial charge on any atom is -0.480 e. The third-order valence-corrected chi connectivity index (χ3v) is 4.94. The van der Waals surface area contributed by atoms with Gasteiger partial charge in [0.2, 0.25) is 5.92 Å². The summed E-state index contributed by atoms with van der Waals surface area (Å²) in [6.45, 7) is 5.53. The van der Waals surface area contributed by atoms with Gasteiger partial charge in [0.25, 0.3) is 0 Å². The Balaban J connectivity index is 4.12. The molecule has 20 heavy (non-hydrogen) atoms. The molecule has 2 nitrogen and oxygen atoms in total. The van der Waals surface area contributed by atoms with Gasteiger partial charge in [-0.1, -0.05) is 39.5 Å². The van der Waals surface area contributed by atoms with Crippen molar-refractivity contribution in [3.05, 3.63) is 0 Å². The molecule has 0 heterocycles. The zero-order chi connectivity index (χ0) is 15.6. The second kappa shape index (κ2) is 9.59. The Bertz CT molecular complexity index is 285. The van der Waals surface area contributed by atoms with Crippen molar-refractivity contribution >= 4 is 17.7 Å². The minimum atomic E-state index is -2.60. The van der Waals surface area contributed by atoms with Crippen LogP contribution in [0.5, 0.6) is 0 Å². The number of carboxylic acid groups (broad SMARTS) is 1. The fourth-order valence-electron chi connectivity index (χ4n) is 2.07. The highest BCUT2D eigenvalue weighted by Crippen LogP contribution is 2.34. The van der Waals surface area contributed by atoms with Gasteiger partial charge in [-0.25, -0.2) is 8.78 Å². The van der Waals surface area contributed by atoms with Crippen molar-refractivity contribution in [2.75, 3.05) is 5.75 Å². The minimum absolute atomic E-state index is 0.0790. The van der Waals surface area contributed by atoms with E-state index in [9.17, 15) is 18.7 Å². The number of unbranched alkanes of at least 4 members (excludes halogenated alkanes) is 2. The number of rotatable bonds is 12. The van der Waals surface area contributed by atoms with E-state index in [0.29, 0.717) is 25.0 Å². The molecule has 0 aliphatic carbocycles. The van der Waals surface area contributed by atoms with Crippen LogP contribution >= 0.6 is 11.8 Å². The van der Waals surface area contributed by atoms with E-state index in [1.165, 1.54) is 11.8 Å². The highest BCUT2D eigenvalue weighted by molar-refractivity contribution is 8.01. The molecule has 0 amide bonds. The first-order valence-electron chi connectivity index (χ1n) is 7.52. The van der Waals surface area contributed by atoms with E-state index in [2.05, 4.69) is 6.92 Å². The van der Waals surface area contributed by atoms with Crippen molar-refractivity contribution in [3.8, 4) is 0 Å². The smallest absolute Gasteiger partial charge is 0.319 e. The molecule has 0 aliphatic heterocycles. The standard InChI is InChI=1S/C15H28F2O2S/c1-4-6-7-10-14(3,13(18)19)20-12-8-11-15(16,17)9-5-2/h4-12H2,1-3H3,(H,18,19). The molecule has 120 valence electrons. The van der Waals surface area contributed by atoms with Crippen LogP contribution in [0, 0.1) is 0 Å². The van der Waals surface area contributed by atoms with E-state index in [-0.39, 0.29) is 12.8 Å². The molecule has 0 aromatic carbocycles. The highest BCUT2D eigenvalue weighted by Gasteiger charge is 2.33. The monoisotopic (exact) mass is 310 g/mol. The molecule has 5 heteroatoms. The lowest BCUT2D eigenvalue weighted by Crippen LogP contribution is -2.32. The number of carboxylic acids is 1. The number of alkyl halides is 2. The molecular formula is C15H28F2O2S. The number of halogens is 2. The lowest BCUT2D eigenvalue weighted by atomic mass is 10.0. The van der Waals surface area contributed by atoms with Gasteiger partial charge in [0.1, 0.15) is 4.75 Å². The van der Waals surface area contributed by atoms with E-state index in [4.69, 9.17) is 0 Å². The van der Waals surface area contributed by atoms with Crippen LogP contribution in [0.15, 0.2) is 0 Å². The summed E-state index contributed by atoms with van der Waals surface area (Å²) in [5, 5.41) is 9.31. The maximum absolute atomic E-state index is 13.3. The lowest BCUT2D eigenvalue weighted by molar-refractivity contribution is -0.139. The van der Waals surface area contributed by atoms with Gasteiger partial charge in [0.15, 0.2) is 0 Å². The molecule has 0 spiro atoms. The van der Waals surface area contributed by atoms with Crippen LogP contribution in [0.3, 0.4) is 0 Å². The van der Waals surface area contributed by atoms with Crippen LogP contribution in [-0.2, 0) is 4.79 Å². The summed E-state index contributed by atoms with van der Waals surface area (Å²) < 4.78 is 25.8. The predicted molar refractivity (Wildman–Crippen MR) is 81.7 cm³/mol. The van der Waals surface area contributed by atoms with Crippen molar-refractivity contribution in [2.45, 2.75) is 82.8 Å². The van der Waals surface area contributed by atoms with Gasteiger partial charge in [-0.15, -0.1) is 11.8 Å². The zero-order valence-electron chi connectivity index (χ0n) is 12.9. The average molecular weight is 310 g/mol. The predicted octanol–water partition coefficient (Wildman–Crippen LogP) is 5.36. The summed E-state index contributed by atoms with van der Waals surface area (Å²) in [4.78, 5) is 11.3. The van der Waals surface area contributed by atoms with Crippen LogP contribution in [0.4, 0.5) is 8.78 Å². The fraction of sp³-hybridized carbons (Fsp3) is 0.933. The molecule has 1 atom stereocenters. The van der Waals surface area contributed by atoms with Crippen LogP contribution < -0.4 is 0 Å². The lowest BCUT2D eigenvalue weighted by Gasteiger charge is -2.24. The van der Waals surface area contributed by atoms with Crippen LogP contribution in [0.25, 0.3) is 0 Å². The van der Waals surface area contributed by atoms with Crippen molar-refractivity contribution in [3.63, 3.8) is 0 Å². The van der Waals surface area contributed by atoms with E-state index in [1.807, 2.05) is 0 Å². The highest BCUT2D eigenvalue weighted by atomic mass is 32.2. The summed E-state index contributed by atoms with van der Waals surface area (Å²) >= 11 is 1.31. The first-order valence-corrected chi connectivity index (χ1v) is 8.51. The average Bonchev–Trinajstić information content (AvgIpc) is 2.35. The summed E-state index contributed by atoms with van der Waals surface area (Å²) in [5.74, 6) is -2.95. The summed E-state index contributed by atoms with van der Waals surface area (Å²) in [5.41, 5.74) is 0. The molecule has 0 saturated heterocycles. The maximum Gasteiger partial charge on any atom is 0.319 e. The number of hydrogen-bond acceptors (Lipinski definition) is 2. The number of hydrogen-bond donors (Lipinski definition) is 1. The van der Waals surface area contributed by atoms with Crippen molar-refractivity contribution in [1.29, 1.82) is 0 Å². The van der Waals surface area contributed by atoms with Gasteiger partial charge >= 0.3 is 5.97 Å². The van der Waals surface area contributed by atoms with Gasteiger partial charge in [0.05, 0.1) is 0 Å². The van der Waals surface area contributed by atoms with Crippen molar-refractivity contribution in [2.24, 2.45) is 0 Å². The second-order valence-electron chi connectivity index (χ2n) is 5.55. The molecule has 0 rings (SSSR count). The summed E-state index contributed by atoms with van der Waals surface area (Å²) in [6, 6.07) is 0. The third-order valence-electron chi connectivity index (χ3n) is 3.43. The molecule has 0 aliphatic rings. The molecule has 0 radical (unpaired) electrons. The van der Waals surface area contributed by atoms with Crippen LogP contribution in [0.1, 0.15) is 72.1 Å². The second-order valence-corrected chi connectivity index (χ2v) is 7.15. The maximum atomic E-state index is 13.3. The number of aliphatic carboxylic acids is 1. The van der Waals surface area contributed by atoms with Gasteiger partial charge < -0.3 is 5.11 Å². The molecular weight excluding hydrogens is 282 g/mol. The topological polar surface area (TPSA) is 37.3 Å². The fourth-order valence-corrected chi connectivity index (χ4v) is 3.22. The van der Waals surface area contributed by atoms with E-state index in [0.717, 1.165) is 19.3 Å². The zero-order valence-corrected chi connectivity index (χ0v) is 13.7. The third kappa shape index (κ3) is 8.08. The van der Waals surface area contributed by atoms with Gasteiger partial charge in [-0.05, 0) is 25.5 Å². The Morgan fingerprint density at radius 3 is 2.20 bits per heavy atom. The van der Waals surface area contributed by atoms with E-state index in [1.54, 1.807) is 13.8 Å². The Kier molecular flexibility index (Phi) is 9.43. The largest absolute Gasteiger partial charge is 0.480 e. The summed E-state index contributed by atoms with van der Waals surface area (Å²) in [7, 11) is 0. The Morgan fingerprint density at radius 1 is 1.05 bits per heavy atom. The Morgan fingerprint density at radius 2 is 1.70 bits per heavy atom. The Hall–Kier alpha value is -0.320. The SMILES string of the molecule is CCCCCC(C)(SCCCC(F)(F)CCC)C(=O)O.